The van der Waals surface area contributed by atoms with Crippen LogP contribution in [0.25, 0.3) is 0 Å². The van der Waals surface area contributed by atoms with Gasteiger partial charge in [0.15, 0.2) is 0 Å². The Labute approximate surface area is 107 Å². The van der Waals surface area contributed by atoms with Crippen molar-refractivity contribution in [3.05, 3.63) is 33.8 Å². The van der Waals surface area contributed by atoms with Gasteiger partial charge >= 0.3 is 0 Å². The predicted molar refractivity (Wildman–Crippen MR) is 62.6 cm³/mol. The highest BCUT2D eigenvalue weighted by molar-refractivity contribution is 9.10. The van der Waals surface area contributed by atoms with E-state index in [1.807, 2.05) is 0 Å². The van der Waals surface area contributed by atoms with E-state index in [2.05, 4.69) is 15.9 Å². The Morgan fingerprint density at radius 1 is 1.24 bits per heavy atom. The van der Waals surface area contributed by atoms with Crippen molar-refractivity contribution in [2.45, 2.75) is 18.9 Å². The Balaban J connectivity index is 2.23. The highest BCUT2D eigenvalue weighted by Crippen LogP contribution is 2.33. The van der Waals surface area contributed by atoms with Crippen molar-refractivity contribution in [1.82, 2.24) is 0 Å². The monoisotopic (exact) mass is 306 g/mol. The SMILES string of the molecule is OC(c1cc(F)c(Br)cc1F)C1CCOCC1. The zero-order chi connectivity index (χ0) is 12.4. The second-order valence-electron chi connectivity index (χ2n) is 4.18. The van der Waals surface area contributed by atoms with E-state index in [0.29, 0.717) is 26.1 Å². The lowest BCUT2D eigenvalue weighted by atomic mass is 9.89. The number of aliphatic hydroxyl groups excluding tert-OH is 1. The van der Waals surface area contributed by atoms with Crippen LogP contribution >= 0.6 is 15.9 Å². The molecule has 1 atom stereocenters. The molecule has 2 rings (SSSR count). The molecule has 0 radical (unpaired) electrons. The molecule has 0 aromatic heterocycles. The summed E-state index contributed by atoms with van der Waals surface area (Å²) < 4.78 is 32.2. The third kappa shape index (κ3) is 2.84. The third-order valence-corrected chi connectivity index (χ3v) is 3.68. The van der Waals surface area contributed by atoms with Crippen molar-refractivity contribution >= 4 is 15.9 Å². The Morgan fingerprint density at radius 2 is 1.88 bits per heavy atom. The van der Waals surface area contributed by atoms with Crippen LogP contribution < -0.4 is 0 Å². The molecule has 1 saturated heterocycles. The molecule has 1 aromatic rings. The van der Waals surface area contributed by atoms with E-state index in [9.17, 15) is 13.9 Å². The normalized spacial score (nSPS) is 19.3. The first-order chi connectivity index (χ1) is 8.09. The Bertz CT molecular complexity index is 406. The van der Waals surface area contributed by atoms with Crippen molar-refractivity contribution in [2.75, 3.05) is 13.2 Å². The second-order valence-corrected chi connectivity index (χ2v) is 5.04. The van der Waals surface area contributed by atoms with E-state index in [0.717, 1.165) is 12.1 Å². The summed E-state index contributed by atoms with van der Waals surface area (Å²) in [7, 11) is 0. The van der Waals surface area contributed by atoms with Crippen LogP contribution in [-0.2, 0) is 4.74 Å². The minimum Gasteiger partial charge on any atom is -0.388 e. The zero-order valence-corrected chi connectivity index (χ0v) is 10.7. The molecule has 1 aliphatic rings. The molecule has 17 heavy (non-hydrogen) atoms. The van der Waals surface area contributed by atoms with Crippen LogP contribution in [0, 0.1) is 17.6 Å². The molecule has 0 saturated carbocycles. The van der Waals surface area contributed by atoms with Gasteiger partial charge in [0, 0.05) is 18.8 Å². The molecule has 0 spiro atoms. The largest absolute Gasteiger partial charge is 0.388 e. The summed E-state index contributed by atoms with van der Waals surface area (Å²) in [6.07, 6.45) is 0.359. The van der Waals surface area contributed by atoms with Crippen LogP contribution in [0.3, 0.4) is 0 Å². The summed E-state index contributed by atoms with van der Waals surface area (Å²) in [5, 5.41) is 10.1. The maximum Gasteiger partial charge on any atom is 0.137 e. The predicted octanol–water partition coefficient (Wildman–Crippen LogP) is 3.19. The zero-order valence-electron chi connectivity index (χ0n) is 9.13. The molecular formula is C12H13BrF2O2. The summed E-state index contributed by atoms with van der Waals surface area (Å²) in [5.41, 5.74) is 0.0256. The van der Waals surface area contributed by atoms with Gasteiger partial charge in [0.1, 0.15) is 11.6 Å². The molecule has 1 unspecified atom stereocenters. The molecule has 0 aliphatic carbocycles. The fraction of sp³-hybridized carbons (Fsp3) is 0.500. The summed E-state index contributed by atoms with van der Waals surface area (Å²) in [5.74, 6) is -1.22. The molecule has 1 aromatic carbocycles. The highest BCUT2D eigenvalue weighted by atomic mass is 79.9. The van der Waals surface area contributed by atoms with E-state index >= 15 is 0 Å². The average Bonchev–Trinajstić information content (AvgIpc) is 2.34. The van der Waals surface area contributed by atoms with Gasteiger partial charge in [0.2, 0.25) is 0 Å². The van der Waals surface area contributed by atoms with Gasteiger partial charge in [0.05, 0.1) is 10.6 Å². The number of hydrogen-bond donors (Lipinski definition) is 1. The molecular weight excluding hydrogens is 294 g/mol. The van der Waals surface area contributed by atoms with Gasteiger partial charge in [-0.1, -0.05) is 0 Å². The summed E-state index contributed by atoms with van der Waals surface area (Å²) in [6.45, 7) is 1.12. The maximum absolute atomic E-state index is 13.6. The van der Waals surface area contributed by atoms with E-state index in [-0.39, 0.29) is 16.0 Å². The number of ether oxygens (including phenoxy) is 1. The highest BCUT2D eigenvalue weighted by Gasteiger charge is 2.26. The average molecular weight is 307 g/mol. The number of halogens is 3. The topological polar surface area (TPSA) is 29.5 Å². The molecule has 1 N–H and O–H groups in total. The smallest absolute Gasteiger partial charge is 0.137 e. The number of aliphatic hydroxyl groups is 1. The molecule has 94 valence electrons. The van der Waals surface area contributed by atoms with E-state index in [1.165, 1.54) is 0 Å². The third-order valence-electron chi connectivity index (χ3n) is 3.07. The van der Waals surface area contributed by atoms with E-state index in [4.69, 9.17) is 4.74 Å². The van der Waals surface area contributed by atoms with Crippen LogP contribution in [0.1, 0.15) is 24.5 Å². The second kappa shape index (κ2) is 5.42. The van der Waals surface area contributed by atoms with Gasteiger partial charge < -0.3 is 9.84 Å². The molecule has 0 bridgehead atoms. The van der Waals surface area contributed by atoms with Crippen molar-refractivity contribution in [1.29, 1.82) is 0 Å². The van der Waals surface area contributed by atoms with Gasteiger partial charge in [-0.15, -0.1) is 0 Å². The summed E-state index contributed by atoms with van der Waals surface area (Å²) in [6, 6.07) is 2.10. The standard InChI is InChI=1S/C12H13BrF2O2/c13-9-6-10(14)8(5-11(9)15)12(16)7-1-3-17-4-2-7/h5-7,12,16H,1-4H2. The van der Waals surface area contributed by atoms with Crippen LogP contribution in [0.5, 0.6) is 0 Å². The van der Waals surface area contributed by atoms with Gasteiger partial charge in [-0.05, 0) is 46.8 Å². The Morgan fingerprint density at radius 3 is 2.53 bits per heavy atom. The summed E-state index contributed by atoms with van der Waals surface area (Å²) >= 11 is 2.91. The molecule has 1 fully saturated rings. The minimum atomic E-state index is -0.971. The van der Waals surface area contributed by atoms with Crippen LogP contribution in [0.4, 0.5) is 8.78 Å². The van der Waals surface area contributed by atoms with E-state index < -0.39 is 17.7 Å². The first-order valence-electron chi connectivity index (χ1n) is 5.50. The van der Waals surface area contributed by atoms with Gasteiger partial charge in [-0.25, -0.2) is 8.78 Å². The van der Waals surface area contributed by atoms with Crippen molar-refractivity contribution in [2.24, 2.45) is 5.92 Å². The van der Waals surface area contributed by atoms with Gasteiger partial charge in [-0.3, -0.25) is 0 Å². The Kier molecular flexibility index (Phi) is 4.12. The molecule has 1 heterocycles. The molecule has 2 nitrogen and oxygen atoms in total. The molecule has 5 heteroatoms. The van der Waals surface area contributed by atoms with Crippen LogP contribution in [0.2, 0.25) is 0 Å². The number of rotatable bonds is 2. The van der Waals surface area contributed by atoms with Gasteiger partial charge in [0.25, 0.3) is 0 Å². The lowest BCUT2D eigenvalue weighted by molar-refractivity contribution is 0.00577. The molecule has 0 amide bonds. The number of benzene rings is 1. The minimum absolute atomic E-state index is 0.0256. The Hall–Kier alpha value is -0.520. The van der Waals surface area contributed by atoms with Crippen molar-refractivity contribution < 1.29 is 18.6 Å². The molecule has 1 aliphatic heterocycles. The lowest BCUT2D eigenvalue weighted by Crippen LogP contribution is -2.22. The first-order valence-corrected chi connectivity index (χ1v) is 6.29. The van der Waals surface area contributed by atoms with Crippen LogP contribution in [0.15, 0.2) is 16.6 Å². The van der Waals surface area contributed by atoms with Crippen molar-refractivity contribution in [3.8, 4) is 0 Å². The lowest BCUT2D eigenvalue weighted by Gasteiger charge is -2.27. The van der Waals surface area contributed by atoms with E-state index in [1.54, 1.807) is 0 Å². The first kappa shape index (κ1) is 12.9. The van der Waals surface area contributed by atoms with Crippen LogP contribution in [-0.4, -0.2) is 18.3 Å². The van der Waals surface area contributed by atoms with Crippen molar-refractivity contribution in [3.63, 3.8) is 0 Å². The quantitative estimate of drug-likeness (QED) is 0.850. The number of hydrogen-bond acceptors (Lipinski definition) is 2. The van der Waals surface area contributed by atoms with Gasteiger partial charge in [-0.2, -0.15) is 0 Å². The fourth-order valence-corrected chi connectivity index (χ4v) is 2.37. The summed E-state index contributed by atoms with van der Waals surface area (Å²) in [4.78, 5) is 0. The maximum atomic E-state index is 13.6. The fourth-order valence-electron chi connectivity index (χ4n) is 2.05.